The summed E-state index contributed by atoms with van der Waals surface area (Å²) in [7, 11) is 2.05. The molecule has 2 amide bonds. The lowest BCUT2D eigenvalue weighted by Gasteiger charge is -2.26. The fraction of sp³-hybridized carbons (Fsp3) is 0.409. The van der Waals surface area contributed by atoms with Crippen molar-refractivity contribution in [3.8, 4) is 0 Å². The summed E-state index contributed by atoms with van der Waals surface area (Å²) in [4.78, 5) is 20.9. The molecule has 1 aromatic carbocycles. The predicted molar refractivity (Wildman–Crippen MR) is 121 cm³/mol. The van der Waals surface area contributed by atoms with Crippen LogP contribution in [0.1, 0.15) is 6.42 Å². The van der Waals surface area contributed by atoms with E-state index in [-0.39, 0.29) is 12.1 Å². The van der Waals surface area contributed by atoms with Gasteiger partial charge in [0.05, 0.1) is 24.1 Å². The Kier molecular flexibility index (Phi) is 6.96. The number of nitrogens with one attached hydrogen (secondary N) is 3. The van der Waals surface area contributed by atoms with Crippen molar-refractivity contribution in [3.63, 3.8) is 0 Å². The Labute approximate surface area is 181 Å². The first kappa shape index (κ1) is 21.1. The maximum atomic E-state index is 12.1. The van der Waals surface area contributed by atoms with Gasteiger partial charge < -0.3 is 19.9 Å². The summed E-state index contributed by atoms with van der Waals surface area (Å²) in [5.41, 5.74) is 0.854. The van der Waals surface area contributed by atoms with Crippen molar-refractivity contribution in [2.45, 2.75) is 12.5 Å². The van der Waals surface area contributed by atoms with Crippen LogP contribution in [0.3, 0.4) is 0 Å². The van der Waals surface area contributed by atoms with E-state index in [1.807, 2.05) is 42.5 Å². The molecule has 164 valence electrons. The highest BCUT2D eigenvalue weighted by molar-refractivity contribution is 5.94. The van der Waals surface area contributed by atoms with Gasteiger partial charge in [0.15, 0.2) is 5.82 Å². The smallest absolute Gasteiger partial charge is 0.320 e. The van der Waals surface area contributed by atoms with Crippen molar-refractivity contribution in [2.24, 2.45) is 0 Å². The number of likely N-dealkylation sites (N-methyl/N-ethyl adjacent to an activating group) is 1. The molecule has 1 atom stereocenters. The van der Waals surface area contributed by atoms with Gasteiger partial charge in [0.2, 0.25) is 0 Å². The molecule has 0 spiro atoms. The second-order valence-corrected chi connectivity index (χ2v) is 7.76. The second-order valence-electron chi connectivity index (χ2n) is 7.76. The quantitative estimate of drug-likeness (QED) is 0.598. The Morgan fingerprint density at radius 1 is 1.13 bits per heavy atom. The summed E-state index contributed by atoms with van der Waals surface area (Å²) >= 11 is 0. The van der Waals surface area contributed by atoms with Crippen LogP contribution in [-0.2, 0) is 4.74 Å². The number of carbonyl (C=O) groups is 1. The number of fused-ring (bicyclic) bond motifs is 1. The molecule has 31 heavy (non-hydrogen) atoms. The molecule has 3 aromatic rings. The van der Waals surface area contributed by atoms with E-state index in [1.54, 1.807) is 6.20 Å². The molecule has 0 saturated carbocycles. The lowest BCUT2D eigenvalue weighted by atomic mass is 10.2. The zero-order valence-electron chi connectivity index (χ0n) is 17.8. The van der Waals surface area contributed by atoms with Crippen molar-refractivity contribution in [2.75, 3.05) is 56.7 Å². The number of nitrogens with zero attached hydrogens (tertiary/aromatic N) is 4. The molecule has 3 N–H and O–H groups in total. The van der Waals surface area contributed by atoms with Gasteiger partial charge in [0.25, 0.3) is 0 Å². The number of urea groups is 1. The molecule has 0 bridgehead atoms. The molecule has 0 aliphatic carbocycles. The summed E-state index contributed by atoms with van der Waals surface area (Å²) in [6.07, 6.45) is 2.72. The van der Waals surface area contributed by atoms with Crippen LogP contribution >= 0.6 is 0 Å². The van der Waals surface area contributed by atoms with Crippen molar-refractivity contribution in [1.82, 2.24) is 25.4 Å². The minimum absolute atomic E-state index is 0.189. The van der Waals surface area contributed by atoms with Gasteiger partial charge in [-0.25, -0.2) is 9.78 Å². The number of likely N-dealkylation sites (tertiary alicyclic amines) is 1. The lowest BCUT2D eigenvalue weighted by Crippen LogP contribution is -2.39. The number of H-pyrrole nitrogens is 1. The van der Waals surface area contributed by atoms with Crippen molar-refractivity contribution >= 4 is 28.6 Å². The average Bonchev–Trinajstić information content (AvgIpc) is 3.41. The zero-order chi connectivity index (χ0) is 21.5. The second kappa shape index (κ2) is 10.2. The van der Waals surface area contributed by atoms with Crippen LogP contribution in [0, 0.1) is 0 Å². The van der Waals surface area contributed by atoms with Crippen LogP contribution in [0.15, 0.2) is 48.7 Å². The molecule has 2 aromatic heterocycles. The molecule has 9 heteroatoms. The number of aromatic amines is 1. The van der Waals surface area contributed by atoms with Crippen LogP contribution in [0.25, 0.3) is 10.9 Å². The number of rotatable bonds is 3. The Morgan fingerprint density at radius 2 is 1.84 bits per heavy atom. The SMILES string of the molecule is CN1CC[C@H](NC(=O)Nc2cc3[nH]nc(N4CCOCC4)c3cn2)C1.c1ccccc1. The number of ether oxygens (including phenoxy) is 1. The standard InChI is InChI=1S/C16H23N7O2.C6H6/c1-22-3-2-11(10-22)18-16(24)19-14-8-13-12(9-17-14)15(21-20-13)23-4-6-25-7-5-23;1-2-4-6-5-3-1/h8-9,11H,2-7,10H2,1H3,(H,20,21)(H2,17,18,19,24);1-6H/t11-;/m0./s1. The number of aromatic nitrogens is 3. The summed E-state index contributed by atoms with van der Waals surface area (Å²) < 4.78 is 5.38. The summed E-state index contributed by atoms with van der Waals surface area (Å²) in [6.45, 7) is 4.93. The lowest BCUT2D eigenvalue weighted by molar-refractivity contribution is 0.122. The van der Waals surface area contributed by atoms with E-state index in [1.165, 1.54) is 0 Å². The fourth-order valence-electron chi connectivity index (χ4n) is 3.76. The number of pyridine rings is 1. The van der Waals surface area contributed by atoms with Gasteiger partial charge in [-0.05, 0) is 20.0 Å². The van der Waals surface area contributed by atoms with Gasteiger partial charge in [-0.2, -0.15) is 5.10 Å². The van der Waals surface area contributed by atoms with E-state index >= 15 is 0 Å². The molecular weight excluding hydrogens is 394 g/mol. The van der Waals surface area contributed by atoms with E-state index in [0.29, 0.717) is 19.0 Å². The molecule has 5 rings (SSSR count). The molecule has 2 saturated heterocycles. The first-order valence-electron chi connectivity index (χ1n) is 10.6. The minimum atomic E-state index is -0.222. The summed E-state index contributed by atoms with van der Waals surface area (Å²) in [5, 5.41) is 14.2. The van der Waals surface area contributed by atoms with Gasteiger partial charge >= 0.3 is 6.03 Å². The Hall–Kier alpha value is -3.17. The largest absolute Gasteiger partial charge is 0.378 e. The van der Waals surface area contributed by atoms with Gasteiger partial charge in [0.1, 0.15) is 5.82 Å². The van der Waals surface area contributed by atoms with E-state index in [0.717, 1.165) is 49.3 Å². The number of hydrogen-bond acceptors (Lipinski definition) is 6. The first-order valence-corrected chi connectivity index (χ1v) is 10.6. The Morgan fingerprint density at radius 3 is 2.48 bits per heavy atom. The number of anilines is 2. The maximum absolute atomic E-state index is 12.1. The van der Waals surface area contributed by atoms with Gasteiger partial charge in [-0.3, -0.25) is 10.4 Å². The predicted octanol–water partition coefficient (Wildman–Crippen LogP) is 2.31. The van der Waals surface area contributed by atoms with Crippen molar-refractivity contribution < 1.29 is 9.53 Å². The van der Waals surface area contributed by atoms with Crippen LogP contribution in [-0.4, -0.2) is 78.6 Å². The van der Waals surface area contributed by atoms with E-state index in [9.17, 15) is 4.79 Å². The van der Waals surface area contributed by atoms with E-state index < -0.39 is 0 Å². The Bertz CT molecular complexity index is 946. The van der Waals surface area contributed by atoms with Gasteiger partial charge in [-0.15, -0.1) is 0 Å². The third-order valence-electron chi connectivity index (χ3n) is 5.37. The average molecular weight is 424 g/mol. The molecule has 4 heterocycles. The zero-order valence-corrected chi connectivity index (χ0v) is 17.8. The highest BCUT2D eigenvalue weighted by atomic mass is 16.5. The number of amides is 2. The van der Waals surface area contributed by atoms with Crippen molar-refractivity contribution in [3.05, 3.63) is 48.7 Å². The Balaban J connectivity index is 0.000000334. The van der Waals surface area contributed by atoms with E-state index in [4.69, 9.17) is 4.74 Å². The molecule has 0 radical (unpaired) electrons. The van der Waals surface area contributed by atoms with Crippen molar-refractivity contribution in [1.29, 1.82) is 0 Å². The molecule has 9 nitrogen and oxygen atoms in total. The highest BCUT2D eigenvalue weighted by Gasteiger charge is 2.21. The third-order valence-corrected chi connectivity index (χ3v) is 5.37. The highest BCUT2D eigenvalue weighted by Crippen LogP contribution is 2.25. The number of hydrogen-bond donors (Lipinski definition) is 3. The monoisotopic (exact) mass is 423 g/mol. The summed E-state index contributed by atoms with van der Waals surface area (Å²) in [6, 6.07) is 13.8. The molecule has 2 aliphatic heterocycles. The minimum Gasteiger partial charge on any atom is -0.378 e. The number of benzene rings is 1. The van der Waals surface area contributed by atoms with Gasteiger partial charge in [0, 0.05) is 37.9 Å². The first-order chi connectivity index (χ1) is 15.2. The summed E-state index contributed by atoms with van der Waals surface area (Å²) in [5.74, 6) is 1.39. The van der Waals surface area contributed by atoms with E-state index in [2.05, 4.69) is 42.7 Å². The van der Waals surface area contributed by atoms with Gasteiger partial charge in [-0.1, -0.05) is 36.4 Å². The molecule has 2 aliphatic rings. The van der Waals surface area contributed by atoms with Crippen LogP contribution in [0.4, 0.5) is 16.4 Å². The van der Waals surface area contributed by atoms with Crippen LogP contribution in [0.2, 0.25) is 0 Å². The molecule has 2 fully saturated rings. The number of morpholine rings is 1. The third kappa shape index (κ3) is 5.71. The number of carbonyl (C=O) groups excluding carboxylic acids is 1. The van der Waals surface area contributed by atoms with Crippen LogP contribution in [0.5, 0.6) is 0 Å². The normalized spacial score (nSPS) is 19.0. The topological polar surface area (TPSA) is 98.4 Å². The fourth-order valence-corrected chi connectivity index (χ4v) is 3.76. The van der Waals surface area contributed by atoms with Crippen LogP contribution < -0.4 is 15.5 Å². The molecule has 0 unspecified atom stereocenters. The molecular formula is C22H29N7O2. The maximum Gasteiger partial charge on any atom is 0.320 e.